The number of alkyl halides is 3. The molecular formula is C13H17F3N4O. The lowest BCUT2D eigenvalue weighted by atomic mass is 10.3. The fraction of sp³-hybridized carbons (Fsp3) is 0.538. The fourth-order valence-corrected chi connectivity index (χ4v) is 1.78. The molecule has 1 N–H and O–H groups in total. The molecule has 2 aromatic rings. The molecule has 0 atom stereocenters. The van der Waals surface area contributed by atoms with E-state index in [2.05, 4.69) is 15.4 Å². The summed E-state index contributed by atoms with van der Waals surface area (Å²) in [4.78, 5) is 3.96. The lowest BCUT2D eigenvalue weighted by Gasteiger charge is -2.09. The van der Waals surface area contributed by atoms with Crippen LogP contribution in [0.3, 0.4) is 0 Å². The molecule has 116 valence electrons. The van der Waals surface area contributed by atoms with Gasteiger partial charge in [0, 0.05) is 24.5 Å². The quantitative estimate of drug-likeness (QED) is 0.833. The molecule has 0 aromatic carbocycles. The van der Waals surface area contributed by atoms with Crippen molar-refractivity contribution in [3.63, 3.8) is 0 Å². The minimum Gasteiger partial charge on any atom is -0.476 e. The third kappa shape index (κ3) is 4.07. The van der Waals surface area contributed by atoms with Crippen molar-refractivity contribution in [1.82, 2.24) is 19.9 Å². The van der Waals surface area contributed by atoms with Crippen molar-refractivity contribution >= 4 is 5.52 Å². The molecule has 0 saturated heterocycles. The third-order valence-corrected chi connectivity index (χ3v) is 2.76. The fourth-order valence-electron chi connectivity index (χ4n) is 1.78. The van der Waals surface area contributed by atoms with Crippen molar-refractivity contribution in [3.8, 4) is 5.88 Å². The van der Waals surface area contributed by atoms with E-state index < -0.39 is 11.9 Å². The summed E-state index contributed by atoms with van der Waals surface area (Å²) in [5.41, 5.74) is -0.747. The normalized spacial score (nSPS) is 12.3. The Hall–Kier alpha value is -1.83. The van der Waals surface area contributed by atoms with Crippen molar-refractivity contribution < 1.29 is 17.9 Å². The van der Waals surface area contributed by atoms with E-state index in [1.165, 1.54) is 12.4 Å². The molecule has 2 aromatic heterocycles. The summed E-state index contributed by atoms with van der Waals surface area (Å²) in [6.07, 6.45) is -1.02. The van der Waals surface area contributed by atoms with E-state index in [-0.39, 0.29) is 11.4 Å². The van der Waals surface area contributed by atoms with Crippen molar-refractivity contribution in [2.24, 2.45) is 0 Å². The Kier molecular flexibility index (Phi) is 4.66. The lowest BCUT2D eigenvalue weighted by molar-refractivity contribution is -0.141. The molecule has 0 bridgehead atoms. The zero-order valence-electron chi connectivity index (χ0n) is 11.8. The predicted molar refractivity (Wildman–Crippen MR) is 71.2 cm³/mol. The Bertz CT molecular complexity index is 595. The lowest BCUT2D eigenvalue weighted by Crippen LogP contribution is -2.24. The molecule has 0 spiro atoms. The van der Waals surface area contributed by atoms with Crippen LogP contribution in [-0.4, -0.2) is 33.8 Å². The average molecular weight is 302 g/mol. The molecule has 0 saturated carbocycles. The highest BCUT2D eigenvalue weighted by molar-refractivity contribution is 5.56. The summed E-state index contributed by atoms with van der Waals surface area (Å²) in [5, 5.41) is 6.70. The third-order valence-electron chi connectivity index (χ3n) is 2.76. The molecule has 0 radical (unpaired) electrons. The number of nitrogens with one attached hydrogen (secondary N) is 1. The zero-order valence-corrected chi connectivity index (χ0v) is 11.8. The van der Waals surface area contributed by atoms with E-state index in [1.54, 1.807) is 0 Å². The van der Waals surface area contributed by atoms with Gasteiger partial charge in [-0.25, -0.2) is 9.50 Å². The Balaban J connectivity index is 2.04. The van der Waals surface area contributed by atoms with Crippen LogP contribution < -0.4 is 10.1 Å². The van der Waals surface area contributed by atoms with Crippen LogP contribution in [0.5, 0.6) is 5.88 Å². The van der Waals surface area contributed by atoms with Gasteiger partial charge in [0.05, 0.1) is 6.61 Å². The van der Waals surface area contributed by atoms with Gasteiger partial charge >= 0.3 is 6.18 Å². The second-order valence-corrected chi connectivity index (χ2v) is 4.90. The van der Waals surface area contributed by atoms with Crippen LogP contribution in [0.1, 0.15) is 26.0 Å². The van der Waals surface area contributed by atoms with Gasteiger partial charge in [0.1, 0.15) is 5.52 Å². The second-order valence-electron chi connectivity index (χ2n) is 4.90. The average Bonchev–Trinajstić information content (AvgIpc) is 2.82. The van der Waals surface area contributed by atoms with Gasteiger partial charge in [-0.2, -0.15) is 18.3 Å². The van der Waals surface area contributed by atoms with E-state index in [1.807, 2.05) is 13.8 Å². The minimum absolute atomic E-state index is 0.157. The summed E-state index contributed by atoms with van der Waals surface area (Å²) >= 11 is 0. The first-order valence-corrected chi connectivity index (χ1v) is 6.65. The monoisotopic (exact) mass is 302 g/mol. The number of ether oxygens (including phenoxy) is 1. The van der Waals surface area contributed by atoms with Crippen LogP contribution in [0.2, 0.25) is 0 Å². The Labute approximate surface area is 120 Å². The van der Waals surface area contributed by atoms with E-state index in [0.29, 0.717) is 12.6 Å². The van der Waals surface area contributed by atoms with Crippen molar-refractivity contribution in [1.29, 1.82) is 0 Å². The van der Waals surface area contributed by atoms with E-state index in [9.17, 15) is 13.2 Å². The number of halogens is 3. The van der Waals surface area contributed by atoms with Gasteiger partial charge in [0.25, 0.3) is 0 Å². The largest absolute Gasteiger partial charge is 0.476 e. The van der Waals surface area contributed by atoms with E-state index >= 15 is 0 Å². The Morgan fingerprint density at radius 2 is 2.14 bits per heavy atom. The summed E-state index contributed by atoms with van der Waals surface area (Å²) in [7, 11) is 0. The molecule has 2 rings (SSSR count). The van der Waals surface area contributed by atoms with Gasteiger partial charge in [-0.05, 0) is 13.0 Å². The SMILES string of the molecule is CC(C)NCCCOc1nccn2nc(C(F)(F)F)cc12. The summed E-state index contributed by atoms with van der Waals surface area (Å²) in [6, 6.07) is 1.32. The first-order chi connectivity index (χ1) is 9.88. The van der Waals surface area contributed by atoms with Crippen LogP contribution >= 0.6 is 0 Å². The molecule has 5 nitrogen and oxygen atoms in total. The predicted octanol–water partition coefficient (Wildman–Crippen LogP) is 2.52. The van der Waals surface area contributed by atoms with E-state index in [0.717, 1.165) is 23.5 Å². The van der Waals surface area contributed by atoms with Gasteiger partial charge in [-0.15, -0.1) is 0 Å². The van der Waals surface area contributed by atoms with Crippen molar-refractivity contribution in [2.75, 3.05) is 13.2 Å². The number of fused-ring (bicyclic) bond motifs is 1. The number of nitrogens with zero attached hydrogens (tertiary/aromatic N) is 3. The minimum atomic E-state index is -4.48. The number of hydrogen-bond donors (Lipinski definition) is 1. The molecule has 8 heteroatoms. The molecule has 2 heterocycles. The molecule has 0 aliphatic rings. The molecule has 0 aliphatic carbocycles. The van der Waals surface area contributed by atoms with Crippen molar-refractivity contribution in [3.05, 3.63) is 24.2 Å². The number of aromatic nitrogens is 3. The standard InChI is InChI=1S/C13H17F3N4O/c1-9(2)17-4-3-7-21-12-10-8-11(13(14,15)16)19-20(10)6-5-18-12/h5-6,8-9,17H,3-4,7H2,1-2H3. The first-order valence-electron chi connectivity index (χ1n) is 6.65. The highest BCUT2D eigenvalue weighted by Gasteiger charge is 2.34. The van der Waals surface area contributed by atoms with Gasteiger partial charge in [-0.3, -0.25) is 0 Å². The van der Waals surface area contributed by atoms with Crippen LogP contribution in [-0.2, 0) is 6.18 Å². The van der Waals surface area contributed by atoms with E-state index in [4.69, 9.17) is 4.74 Å². The molecular weight excluding hydrogens is 285 g/mol. The van der Waals surface area contributed by atoms with Gasteiger partial charge in [0.2, 0.25) is 5.88 Å². The number of hydrogen-bond acceptors (Lipinski definition) is 4. The first kappa shape index (κ1) is 15.6. The molecule has 0 fully saturated rings. The Morgan fingerprint density at radius 3 is 2.81 bits per heavy atom. The van der Waals surface area contributed by atoms with Crippen LogP contribution in [0, 0.1) is 0 Å². The van der Waals surface area contributed by atoms with Crippen LogP contribution in [0.25, 0.3) is 5.52 Å². The van der Waals surface area contributed by atoms with Crippen LogP contribution in [0.4, 0.5) is 13.2 Å². The van der Waals surface area contributed by atoms with Gasteiger partial charge in [0.15, 0.2) is 5.69 Å². The number of rotatable bonds is 6. The van der Waals surface area contributed by atoms with Gasteiger partial charge in [-0.1, -0.05) is 13.8 Å². The smallest absolute Gasteiger partial charge is 0.435 e. The second kappa shape index (κ2) is 6.30. The maximum Gasteiger partial charge on any atom is 0.435 e. The highest BCUT2D eigenvalue weighted by Crippen LogP contribution is 2.30. The molecule has 21 heavy (non-hydrogen) atoms. The maximum absolute atomic E-state index is 12.6. The summed E-state index contributed by atoms with van der Waals surface area (Å²) in [5.74, 6) is 0.157. The summed E-state index contributed by atoms with van der Waals surface area (Å²) in [6.45, 7) is 5.22. The zero-order chi connectivity index (χ0) is 15.5. The van der Waals surface area contributed by atoms with Crippen LogP contribution in [0.15, 0.2) is 18.5 Å². The van der Waals surface area contributed by atoms with Gasteiger partial charge < -0.3 is 10.1 Å². The molecule has 0 unspecified atom stereocenters. The summed E-state index contributed by atoms with van der Waals surface area (Å²) < 4.78 is 44.5. The highest BCUT2D eigenvalue weighted by atomic mass is 19.4. The molecule has 0 amide bonds. The maximum atomic E-state index is 12.6. The topological polar surface area (TPSA) is 51.5 Å². The Morgan fingerprint density at radius 1 is 1.38 bits per heavy atom. The molecule has 0 aliphatic heterocycles. The van der Waals surface area contributed by atoms with Crippen molar-refractivity contribution in [2.45, 2.75) is 32.5 Å².